The molecule has 2 aromatic rings. The summed E-state index contributed by atoms with van der Waals surface area (Å²) in [5.74, 6) is 0. The number of carbonyl (C=O) groups is 1. The lowest BCUT2D eigenvalue weighted by Gasteiger charge is -2.37. The van der Waals surface area contributed by atoms with Crippen LogP contribution in [0.4, 0.5) is 10.5 Å². The van der Waals surface area contributed by atoms with Crippen molar-refractivity contribution in [2.24, 2.45) is 0 Å². The van der Waals surface area contributed by atoms with Crippen LogP contribution < -0.4 is 4.90 Å². The third-order valence-corrected chi connectivity index (χ3v) is 4.50. The maximum atomic E-state index is 12.2. The van der Waals surface area contributed by atoms with Gasteiger partial charge >= 0.3 is 6.09 Å². The molecule has 2 aromatic carbocycles. The lowest BCUT2D eigenvalue weighted by molar-refractivity contribution is 0.0240. The van der Waals surface area contributed by atoms with Crippen LogP contribution in [0.15, 0.2) is 48.5 Å². The fourth-order valence-electron chi connectivity index (χ4n) is 3.16. The number of carbonyl (C=O) groups excluding carboxylic acids is 1. The lowest BCUT2D eigenvalue weighted by Crippen LogP contribution is -2.50. The number of anilines is 1. The summed E-state index contributed by atoms with van der Waals surface area (Å²) in [5.41, 5.74) is 3.22. The highest BCUT2D eigenvalue weighted by Gasteiger charge is 2.26. The predicted octanol–water partition coefficient (Wildman–Crippen LogP) is 4.28. The van der Waals surface area contributed by atoms with Crippen LogP contribution in [-0.4, -0.2) is 42.8 Å². The summed E-state index contributed by atoms with van der Waals surface area (Å²) >= 11 is 0. The fraction of sp³-hybridized carbons (Fsp3) is 0.364. The van der Waals surface area contributed by atoms with Crippen LogP contribution in [0.25, 0.3) is 11.1 Å². The first kappa shape index (κ1) is 18.8. The maximum Gasteiger partial charge on any atom is 0.410 e. The second-order valence-corrected chi connectivity index (χ2v) is 7.66. The van der Waals surface area contributed by atoms with Crippen molar-refractivity contribution in [3.05, 3.63) is 54.1 Å². The van der Waals surface area contributed by atoms with E-state index >= 15 is 0 Å². The zero-order chi connectivity index (χ0) is 19.4. The molecule has 0 spiro atoms. The number of piperazine rings is 1. The van der Waals surface area contributed by atoms with E-state index < -0.39 is 5.60 Å². The molecule has 1 aliphatic rings. The van der Waals surface area contributed by atoms with Crippen LogP contribution in [0.2, 0.25) is 0 Å². The van der Waals surface area contributed by atoms with Gasteiger partial charge in [0.1, 0.15) is 5.60 Å². The van der Waals surface area contributed by atoms with E-state index in [0.717, 1.165) is 29.9 Å². The minimum Gasteiger partial charge on any atom is -0.444 e. The summed E-state index contributed by atoms with van der Waals surface area (Å²) in [7, 11) is 0. The summed E-state index contributed by atoms with van der Waals surface area (Å²) in [4.78, 5) is 16.2. The van der Waals surface area contributed by atoms with Crippen LogP contribution in [0.1, 0.15) is 26.3 Å². The topological polar surface area (TPSA) is 56.6 Å². The Morgan fingerprint density at radius 2 is 1.70 bits per heavy atom. The van der Waals surface area contributed by atoms with Gasteiger partial charge in [0.15, 0.2) is 0 Å². The third-order valence-electron chi connectivity index (χ3n) is 4.50. The molecular weight excluding hydrogens is 338 g/mol. The molecule has 0 saturated carbocycles. The largest absolute Gasteiger partial charge is 0.444 e. The molecule has 1 saturated heterocycles. The van der Waals surface area contributed by atoms with Gasteiger partial charge in [-0.2, -0.15) is 5.26 Å². The Labute approximate surface area is 160 Å². The van der Waals surface area contributed by atoms with Crippen molar-refractivity contribution in [2.45, 2.75) is 26.4 Å². The van der Waals surface area contributed by atoms with Crippen LogP contribution in [-0.2, 0) is 4.74 Å². The summed E-state index contributed by atoms with van der Waals surface area (Å²) in [6, 6.07) is 18.1. The van der Waals surface area contributed by atoms with Gasteiger partial charge in [-0.05, 0) is 44.5 Å². The molecule has 0 atom stereocenters. The van der Waals surface area contributed by atoms with Gasteiger partial charge in [-0.25, -0.2) is 4.79 Å². The summed E-state index contributed by atoms with van der Waals surface area (Å²) < 4.78 is 5.46. The Kier molecular flexibility index (Phi) is 5.36. The first-order valence-electron chi connectivity index (χ1n) is 9.20. The van der Waals surface area contributed by atoms with E-state index in [1.54, 1.807) is 4.90 Å². The number of rotatable bonds is 2. The summed E-state index contributed by atoms with van der Waals surface area (Å²) in [6.45, 7) is 8.35. The number of benzene rings is 2. The Morgan fingerprint density at radius 1 is 1.04 bits per heavy atom. The lowest BCUT2D eigenvalue weighted by atomic mass is 9.99. The van der Waals surface area contributed by atoms with Gasteiger partial charge in [-0.1, -0.05) is 30.3 Å². The minimum absolute atomic E-state index is 0.257. The molecule has 0 unspecified atom stereocenters. The zero-order valence-corrected chi connectivity index (χ0v) is 16.1. The molecule has 0 N–H and O–H groups in total. The van der Waals surface area contributed by atoms with Crippen molar-refractivity contribution < 1.29 is 9.53 Å². The summed E-state index contributed by atoms with van der Waals surface area (Å²) in [6.07, 6.45) is -0.257. The zero-order valence-electron chi connectivity index (χ0n) is 16.1. The Bertz CT molecular complexity index is 842. The molecule has 1 heterocycles. The molecule has 5 nitrogen and oxygen atoms in total. The Hall–Kier alpha value is -3.00. The molecule has 1 fully saturated rings. The van der Waals surface area contributed by atoms with Crippen LogP contribution in [0.5, 0.6) is 0 Å². The first-order chi connectivity index (χ1) is 12.9. The van der Waals surface area contributed by atoms with Gasteiger partial charge in [0, 0.05) is 37.4 Å². The van der Waals surface area contributed by atoms with Gasteiger partial charge in [0.05, 0.1) is 11.6 Å². The predicted molar refractivity (Wildman–Crippen MR) is 107 cm³/mol. The SMILES string of the molecule is CC(C)(C)OC(=O)N1CCN(c2ccc(C#N)c(-c3ccccc3)c2)CC1. The smallest absolute Gasteiger partial charge is 0.410 e. The van der Waals surface area contributed by atoms with Gasteiger partial charge in [0.25, 0.3) is 0 Å². The normalized spacial score (nSPS) is 14.6. The number of ether oxygens (including phenoxy) is 1. The second-order valence-electron chi connectivity index (χ2n) is 7.66. The van der Waals surface area contributed by atoms with E-state index in [4.69, 9.17) is 4.74 Å². The standard InChI is InChI=1S/C22H25N3O2/c1-22(2,3)27-21(26)25-13-11-24(12-14-25)19-10-9-18(16-23)20(15-19)17-7-5-4-6-8-17/h4-10,15H,11-14H2,1-3H3. The van der Waals surface area contributed by atoms with E-state index in [1.807, 2.05) is 63.2 Å². The van der Waals surface area contributed by atoms with Crippen molar-refractivity contribution in [1.29, 1.82) is 5.26 Å². The maximum absolute atomic E-state index is 12.2. The quantitative estimate of drug-likeness (QED) is 0.799. The monoisotopic (exact) mass is 363 g/mol. The van der Waals surface area contributed by atoms with E-state index in [2.05, 4.69) is 17.0 Å². The number of nitriles is 1. The van der Waals surface area contributed by atoms with Crippen LogP contribution in [0.3, 0.4) is 0 Å². The highest BCUT2D eigenvalue weighted by Crippen LogP contribution is 2.29. The summed E-state index contributed by atoms with van der Waals surface area (Å²) in [5, 5.41) is 9.45. The molecule has 0 radical (unpaired) electrons. The molecule has 1 amide bonds. The number of nitrogens with zero attached hydrogens (tertiary/aromatic N) is 3. The van der Waals surface area contributed by atoms with Gasteiger partial charge in [-0.3, -0.25) is 0 Å². The van der Waals surface area contributed by atoms with E-state index in [-0.39, 0.29) is 6.09 Å². The van der Waals surface area contributed by atoms with Crippen molar-refractivity contribution in [1.82, 2.24) is 4.90 Å². The number of amides is 1. The average Bonchev–Trinajstić information content (AvgIpc) is 2.67. The molecular formula is C22H25N3O2. The van der Waals surface area contributed by atoms with Crippen molar-refractivity contribution in [2.75, 3.05) is 31.1 Å². The second kappa shape index (κ2) is 7.71. The van der Waals surface area contributed by atoms with E-state index in [1.165, 1.54) is 0 Å². The van der Waals surface area contributed by atoms with E-state index in [0.29, 0.717) is 18.7 Å². The number of hydrogen-bond donors (Lipinski definition) is 0. The van der Waals surface area contributed by atoms with Gasteiger partial charge < -0.3 is 14.5 Å². The van der Waals surface area contributed by atoms with Crippen molar-refractivity contribution >= 4 is 11.8 Å². The van der Waals surface area contributed by atoms with Gasteiger partial charge in [-0.15, -0.1) is 0 Å². The van der Waals surface area contributed by atoms with Crippen molar-refractivity contribution in [3.8, 4) is 17.2 Å². The molecule has 3 rings (SSSR count). The molecule has 27 heavy (non-hydrogen) atoms. The van der Waals surface area contributed by atoms with Crippen LogP contribution >= 0.6 is 0 Å². The molecule has 5 heteroatoms. The molecule has 140 valence electrons. The molecule has 1 aliphatic heterocycles. The van der Waals surface area contributed by atoms with Gasteiger partial charge in [0.2, 0.25) is 0 Å². The van der Waals surface area contributed by atoms with Crippen LogP contribution in [0, 0.1) is 11.3 Å². The average molecular weight is 363 g/mol. The first-order valence-corrected chi connectivity index (χ1v) is 9.20. The minimum atomic E-state index is -0.480. The Morgan fingerprint density at radius 3 is 2.30 bits per heavy atom. The molecule has 0 aromatic heterocycles. The molecule has 0 bridgehead atoms. The fourth-order valence-corrected chi connectivity index (χ4v) is 3.16. The Balaban J connectivity index is 1.74. The molecule has 0 aliphatic carbocycles. The third kappa shape index (κ3) is 4.59. The highest BCUT2D eigenvalue weighted by molar-refractivity contribution is 5.75. The van der Waals surface area contributed by atoms with Crippen molar-refractivity contribution in [3.63, 3.8) is 0 Å². The number of hydrogen-bond acceptors (Lipinski definition) is 4. The van der Waals surface area contributed by atoms with E-state index in [9.17, 15) is 10.1 Å². The highest BCUT2D eigenvalue weighted by atomic mass is 16.6.